The fourth-order valence-electron chi connectivity index (χ4n) is 0.956. The van der Waals surface area contributed by atoms with E-state index in [9.17, 15) is 0 Å². The second-order valence-electron chi connectivity index (χ2n) is 2.21. The largest absolute Gasteiger partial charge is 0.224 e. The highest BCUT2D eigenvalue weighted by molar-refractivity contribution is 6.32. The molecule has 0 amide bonds. The van der Waals surface area contributed by atoms with Crippen molar-refractivity contribution in [3.8, 4) is 0 Å². The van der Waals surface area contributed by atoms with Crippen molar-refractivity contribution in [2.45, 2.75) is 6.92 Å². The molecule has 0 spiro atoms. The van der Waals surface area contributed by atoms with Crippen molar-refractivity contribution >= 4 is 28.9 Å². The topological polar surface area (TPSA) is 38.1 Å². The van der Waals surface area contributed by atoms with Crippen LogP contribution in [0, 0.1) is 0 Å². The quantitative estimate of drug-likeness (QED) is 0.551. The molecule has 0 N–H and O–H groups in total. The van der Waals surface area contributed by atoms with E-state index in [-0.39, 0.29) is 0 Å². The number of rotatable bonds is 0. The lowest BCUT2D eigenvalue weighted by Crippen LogP contribution is -1.85. The van der Waals surface area contributed by atoms with Crippen LogP contribution in [0.4, 0.5) is 5.82 Å². The monoisotopic (exact) mass is 165 g/mol. The maximum Gasteiger partial charge on any atom is 0.174 e. The van der Waals surface area contributed by atoms with Crippen LogP contribution in [0.3, 0.4) is 0 Å². The van der Waals surface area contributed by atoms with Crippen molar-refractivity contribution in [1.29, 1.82) is 0 Å². The van der Waals surface area contributed by atoms with E-state index >= 15 is 0 Å². The summed E-state index contributed by atoms with van der Waals surface area (Å²) in [6, 6.07) is 0. The molecule has 0 saturated heterocycles. The van der Waals surface area contributed by atoms with E-state index in [0.29, 0.717) is 11.0 Å². The summed E-state index contributed by atoms with van der Waals surface area (Å²) in [7, 11) is 0. The molecular weight excluding hydrogens is 162 g/mol. The van der Waals surface area contributed by atoms with Gasteiger partial charge >= 0.3 is 0 Å². The van der Waals surface area contributed by atoms with Crippen molar-refractivity contribution in [1.82, 2.24) is 9.97 Å². The zero-order chi connectivity index (χ0) is 7.84. The summed E-state index contributed by atoms with van der Waals surface area (Å²) < 4.78 is 0. The van der Waals surface area contributed by atoms with Crippen LogP contribution in [0.2, 0.25) is 5.15 Å². The van der Waals surface area contributed by atoms with Crippen molar-refractivity contribution < 1.29 is 0 Å². The Morgan fingerprint density at radius 1 is 1.45 bits per heavy atom. The number of allylic oxidation sites excluding steroid dienone is 1. The summed E-state index contributed by atoms with van der Waals surface area (Å²) in [5.41, 5.74) is 1.69. The van der Waals surface area contributed by atoms with E-state index in [1.807, 2.05) is 6.92 Å². The number of hydrogen-bond acceptors (Lipinski definition) is 3. The number of nitrogens with zero attached hydrogens (tertiary/aromatic N) is 3. The normalized spacial score (nSPS) is 13.1. The first-order valence-electron chi connectivity index (χ1n) is 3.10. The van der Waals surface area contributed by atoms with Crippen LogP contribution in [0.1, 0.15) is 12.5 Å². The summed E-state index contributed by atoms with van der Waals surface area (Å²) in [5, 5.41) is 0.446. The summed E-state index contributed by atoms with van der Waals surface area (Å²) in [6.45, 7) is 1.88. The first-order chi connectivity index (χ1) is 5.29. The first-order valence-corrected chi connectivity index (χ1v) is 3.48. The summed E-state index contributed by atoms with van der Waals surface area (Å²) in [6.07, 6.45) is 1.39. The highest BCUT2D eigenvalue weighted by atomic mass is 35.5. The van der Waals surface area contributed by atoms with Gasteiger partial charge in [0.05, 0.1) is 5.56 Å². The van der Waals surface area contributed by atoms with Gasteiger partial charge in [-0.05, 0) is 12.8 Å². The van der Waals surface area contributed by atoms with Gasteiger partial charge in [0.2, 0.25) is 0 Å². The lowest BCUT2D eigenvalue weighted by molar-refractivity contribution is 1.15. The zero-order valence-corrected chi connectivity index (χ0v) is 6.55. The SMILES string of the molecule is CC1=C=Nc2ncnc(Cl)c21. The maximum atomic E-state index is 5.79. The van der Waals surface area contributed by atoms with Crippen molar-refractivity contribution in [2.24, 2.45) is 4.99 Å². The Hall–Kier alpha value is -1.18. The molecule has 11 heavy (non-hydrogen) atoms. The van der Waals surface area contributed by atoms with Crippen LogP contribution in [-0.2, 0) is 0 Å². The van der Waals surface area contributed by atoms with Gasteiger partial charge in [0.15, 0.2) is 5.82 Å². The van der Waals surface area contributed by atoms with E-state index in [1.54, 1.807) is 0 Å². The number of aromatic nitrogens is 2. The number of fused-ring (bicyclic) bond motifs is 1. The molecule has 1 aromatic rings. The van der Waals surface area contributed by atoms with Gasteiger partial charge in [-0.2, -0.15) is 4.99 Å². The van der Waals surface area contributed by atoms with Crippen molar-refractivity contribution in [3.63, 3.8) is 0 Å². The zero-order valence-electron chi connectivity index (χ0n) is 5.80. The van der Waals surface area contributed by atoms with Crippen LogP contribution >= 0.6 is 11.6 Å². The lowest BCUT2D eigenvalue weighted by Gasteiger charge is -1.97. The molecule has 1 aliphatic rings. The van der Waals surface area contributed by atoms with Gasteiger partial charge in [-0.25, -0.2) is 9.97 Å². The predicted molar refractivity (Wildman–Crippen MR) is 43.2 cm³/mol. The maximum absolute atomic E-state index is 5.79. The number of halogens is 1. The fraction of sp³-hybridized carbons (Fsp3) is 0.143. The van der Waals surface area contributed by atoms with Crippen molar-refractivity contribution in [3.05, 3.63) is 17.0 Å². The van der Waals surface area contributed by atoms with Gasteiger partial charge in [-0.15, -0.1) is 0 Å². The van der Waals surface area contributed by atoms with Gasteiger partial charge in [0.25, 0.3) is 0 Å². The average Bonchev–Trinajstić information content (AvgIpc) is 2.34. The Kier molecular flexibility index (Phi) is 1.28. The molecule has 1 aromatic heterocycles. The molecule has 0 aromatic carbocycles. The third-order valence-corrected chi connectivity index (χ3v) is 1.77. The number of aliphatic imine (C=N–C) groups is 1. The van der Waals surface area contributed by atoms with E-state index in [0.717, 1.165) is 11.1 Å². The van der Waals surface area contributed by atoms with Crippen LogP contribution < -0.4 is 0 Å². The Morgan fingerprint density at radius 2 is 2.27 bits per heavy atom. The second kappa shape index (κ2) is 2.16. The molecule has 0 unspecified atom stereocenters. The molecule has 1 aliphatic heterocycles. The average molecular weight is 166 g/mol. The second-order valence-corrected chi connectivity index (χ2v) is 2.57. The molecule has 2 heterocycles. The molecule has 0 atom stereocenters. The molecule has 2 rings (SSSR count). The third-order valence-electron chi connectivity index (χ3n) is 1.49. The van der Waals surface area contributed by atoms with Gasteiger partial charge in [0.1, 0.15) is 11.5 Å². The molecule has 0 fully saturated rings. The minimum atomic E-state index is 0.446. The Labute approximate surface area is 68.5 Å². The molecule has 54 valence electrons. The van der Waals surface area contributed by atoms with E-state index in [1.165, 1.54) is 6.33 Å². The first kappa shape index (κ1) is 6.53. The molecule has 0 radical (unpaired) electrons. The van der Waals surface area contributed by atoms with Crippen molar-refractivity contribution in [2.75, 3.05) is 0 Å². The highest BCUT2D eigenvalue weighted by Gasteiger charge is 2.14. The Morgan fingerprint density at radius 3 is 3.00 bits per heavy atom. The molecule has 0 saturated carbocycles. The summed E-state index contributed by atoms with van der Waals surface area (Å²) in [5.74, 6) is 3.39. The standard InChI is InChI=1S/C7H4ClN3/c1-4-2-9-7-5(4)6(8)10-3-11-7/h3H,1H3. The lowest BCUT2D eigenvalue weighted by atomic mass is 10.2. The smallest absolute Gasteiger partial charge is 0.174 e. The van der Waals surface area contributed by atoms with Gasteiger partial charge in [-0.3, -0.25) is 0 Å². The Balaban J connectivity index is 2.75. The molecule has 0 aliphatic carbocycles. The van der Waals surface area contributed by atoms with E-state index in [4.69, 9.17) is 11.6 Å². The minimum Gasteiger partial charge on any atom is -0.224 e. The predicted octanol–water partition coefficient (Wildman–Crippen LogP) is 1.85. The summed E-state index contributed by atoms with van der Waals surface area (Å²) in [4.78, 5) is 11.7. The van der Waals surface area contributed by atoms with Crippen LogP contribution in [0.5, 0.6) is 0 Å². The molecule has 3 nitrogen and oxygen atoms in total. The molecule has 4 heteroatoms. The molecular formula is C7H4ClN3. The molecule has 0 bridgehead atoms. The van der Waals surface area contributed by atoms with Gasteiger partial charge in [-0.1, -0.05) is 11.6 Å². The Bertz CT molecular complexity index is 377. The van der Waals surface area contributed by atoms with Crippen LogP contribution in [-0.4, -0.2) is 15.8 Å². The van der Waals surface area contributed by atoms with Gasteiger partial charge < -0.3 is 0 Å². The highest BCUT2D eigenvalue weighted by Crippen LogP contribution is 2.30. The van der Waals surface area contributed by atoms with Crippen LogP contribution in [0.25, 0.3) is 5.57 Å². The van der Waals surface area contributed by atoms with E-state index in [2.05, 4.69) is 20.8 Å². The fourth-order valence-corrected chi connectivity index (χ4v) is 1.23. The number of hydrogen-bond donors (Lipinski definition) is 0. The van der Waals surface area contributed by atoms with E-state index < -0.39 is 0 Å². The van der Waals surface area contributed by atoms with Crippen LogP contribution in [0.15, 0.2) is 11.3 Å². The third kappa shape index (κ3) is 0.862. The minimum absolute atomic E-state index is 0.446. The van der Waals surface area contributed by atoms with Gasteiger partial charge in [0, 0.05) is 5.57 Å². The summed E-state index contributed by atoms with van der Waals surface area (Å²) >= 11 is 5.79.